The standard InChI is InChI=1S/C25H36O/c1-3-13-26-25-12-11-23-16-22(9-10-24(23)17-25)21-8-7-19-14-18(4-2)5-6-20(19)15-21/h4,11-12,17-22H,2-3,5-10,13-16H2,1H3/t18-,19?,20-,21?,22?/m1/s1. The quantitative estimate of drug-likeness (QED) is 0.542. The van der Waals surface area contributed by atoms with Crippen molar-refractivity contribution in [2.24, 2.45) is 29.6 Å². The molecule has 1 nitrogen and oxygen atoms in total. The van der Waals surface area contributed by atoms with E-state index < -0.39 is 0 Å². The van der Waals surface area contributed by atoms with Crippen LogP contribution in [0.3, 0.4) is 0 Å². The van der Waals surface area contributed by atoms with Crippen LogP contribution in [0.25, 0.3) is 0 Å². The molecule has 0 spiro atoms. The molecule has 5 atom stereocenters. The highest BCUT2D eigenvalue weighted by Gasteiger charge is 2.38. The van der Waals surface area contributed by atoms with Gasteiger partial charge in [-0.15, -0.1) is 6.58 Å². The molecule has 142 valence electrons. The normalized spacial score (nSPS) is 33.8. The van der Waals surface area contributed by atoms with Gasteiger partial charge in [-0.1, -0.05) is 19.1 Å². The van der Waals surface area contributed by atoms with E-state index >= 15 is 0 Å². The number of ether oxygens (including phenoxy) is 1. The Morgan fingerprint density at radius 3 is 2.54 bits per heavy atom. The summed E-state index contributed by atoms with van der Waals surface area (Å²) < 4.78 is 5.83. The lowest BCUT2D eigenvalue weighted by atomic mass is 9.61. The fourth-order valence-corrected chi connectivity index (χ4v) is 6.08. The van der Waals surface area contributed by atoms with Crippen LogP contribution in [0.2, 0.25) is 0 Å². The molecule has 0 heterocycles. The summed E-state index contributed by atoms with van der Waals surface area (Å²) in [5.74, 6) is 5.78. The number of allylic oxidation sites excluding steroid dienone is 1. The molecule has 3 unspecified atom stereocenters. The lowest BCUT2D eigenvalue weighted by Crippen LogP contribution is -2.34. The lowest BCUT2D eigenvalue weighted by Gasteiger charge is -2.44. The highest BCUT2D eigenvalue weighted by molar-refractivity contribution is 5.37. The van der Waals surface area contributed by atoms with Crippen LogP contribution in [-0.4, -0.2) is 6.61 Å². The monoisotopic (exact) mass is 352 g/mol. The first-order chi connectivity index (χ1) is 12.8. The molecule has 3 aliphatic rings. The summed E-state index contributed by atoms with van der Waals surface area (Å²) in [7, 11) is 0. The van der Waals surface area contributed by atoms with Crippen LogP contribution in [0.5, 0.6) is 5.75 Å². The molecular weight excluding hydrogens is 316 g/mol. The molecule has 0 saturated heterocycles. The van der Waals surface area contributed by atoms with Crippen LogP contribution in [0.15, 0.2) is 30.9 Å². The maximum atomic E-state index is 5.83. The molecule has 1 aromatic carbocycles. The zero-order valence-electron chi connectivity index (χ0n) is 16.6. The van der Waals surface area contributed by atoms with Crippen molar-refractivity contribution < 1.29 is 4.74 Å². The molecule has 0 N–H and O–H groups in total. The number of benzene rings is 1. The summed E-state index contributed by atoms with van der Waals surface area (Å²) in [4.78, 5) is 0. The second-order valence-corrected chi connectivity index (χ2v) is 9.18. The van der Waals surface area contributed by atoms with Crippen molar-refractivity contribution in [3.8, 4) is 5.75 Å². The second-order valence-electron chi connectivity index (χ2n) is 9.18. The van der Waals surface area contributed by atoms with Gasteiger partial charge in [0.05, 0.1) is 6.61 Å². The molecule has 3 aliphatic carbocycles. The highest BCUT2D eigenvalue weighted by Crippen LogP contribution is 2.48. The van der Waals surface area contributed by atoms with Gasteiger partial charge in [-0.2, -0.15) is 0 Å². The Bertz CT molecular complexity index is 619. The number of rotatable bonds is 5. The molecule has 1 heteroatoms. The molecule has 26 heavy (non-hydrogen) atoms. The van der Waals surface area contributed by atoms with Gasteiger partial charge < -0.3 is 4.74 Å². The molecule has 0 aromatic heterocycles. The average Bonchev–Trinajstić information content (AvgIpc) is 2.70. The minimum absolute atomic E-state index is 0.804. The zero-order chi connectivity index (χ0) is 17.9. The van der Waals surface area contributed by atoms with Crippen molar-refractivity contribution in [3.05, 3.63) is 42.0 Å². The third-order valence-electron chi connectivity index (χ3n) is 7.61. The smallest absolute Gasteiger partial charge is 0.119 e. The van der Waals surface area contributed by atoms with Crippen LogP contribution in [0.1, 0.15) is 69.4 Å². The predicted octanol–water partition coefficient (Wildman–Crippen LogP) is 6.60. The average molecular weight is 353 g/mol. The van der Waals surface area contributed by atoms with Crippen LogP contribution in [0.4, 0.5) is 0 Å². The van der Waals surface area contributed by atoms with Crippen LogP contribution >= 0.6 is 0 Å². The van der Waals surface area contributed by atoms with Gasteiger partial charge in [0.25, 0.3) is 0 Å². The van der Waals surface area contributed by atoms with Gasteiger partial charge in [0.1, 0.15) is 5.75 Å². The van der Waals surface area contributed by atoms with Crippen LogP contribution in [-0.2, 0) is 12.8 Å². The van der Waals surface area contributed by atoms with Crippen molar-refractivity contribution in [2.75, 3.05) is 6.61 Å². The maximum Gasteiger partial charge on any atom is 0.119 e. The Morgan fingerprint density at radius 2 is 1.73 bits per heavy atom. The Balaban J connectivity index is 1.36. The van der Waals surface area contributed by atoms with Gasteiger partial charge in [0, 0.05) is 0 Å². The Morgan fingerprint density at radius 1 is 0.962 bits per heavy atom. The van der Waals surface area contributed by atoms with Gasteiger partial charge in [-0.05, 0) is 117 Å². The third-order valence-corrected chi connectivity index (χ3v) is 7.61. The topological polar surface area (TPSA) is 9.23 Å². The van der Waals surface area contributed by atoms with Crippen molar-refractivity contribution in [1.82, 2.24) is 0 Å². The number of fused-ring (bicyclic) bond motifs is 2. The fourth-order valence-electron chi connectivity index (χ4n) is 6.08. The van der Waals surface area contributed by atoms with E-state index in [1.54, 1.807) is 11.1 Å². The van der Waals surface area contributed by atoms with E-state index in [1.165, 1.54) is 57.8 Å². The minimum atomic E-state index is 0.804. The van der Waals surface area contributed by atoms with E-state index in [2.05, 4.69) is 37.8 Å². The van der Waals surface area contributed by atoms with Crippen LogP contribution < -0.4 is 4.74 Å². The Kier molecular flexibility index (Phi) is 5.72. The molecule has 0 radical (unpaired) electrons. The number of hydrogen-bond donors (Lipinski definition) is 0. The van der Waals surface area contributed by atoms with E-state index in [0.717, 1.165) is 48.4 Å². The van der Waals surface area contributed by atoms with Gasteiger partial charge in [-0.25, -0.2) is 0 Å². The van der Waals surface area contributed by atoms with Gasteiger partial charge in [0.2, 0.25) is 0 Å². The Labute approximate surface area is 160 Å². The number of aryl methyl sites for hydroxylation is 1. The highest BCUT2D eigenvalue weighted by atomic mass is 16.5. The fraction of sp³-hybridized carbons (Fsp3) is 0.680. The van der Waals surface area contributed by atoms with Crippen molar-refractivity contribution in [1.29, 1.82) is 0 Å². The van der Waals surface area contributed by atoms with E-state index in [-0.39, 0.29) is 0 Å². The summed E-state index contributed by atoms with van der Waals surface area (Å²) >= 11 is 0. The first-order valence-electron chi connectivity index (χ1n) is 11.1. The Hall–Kier alpha value is -1.24. The third kappa shape index (κ3) is 3.87. The van der Waals surface area contributed by atoms with Gasteiger partial charge >= 0.3 is 0 Å². The largest absolute Gasteiger partial charge is 0.494 e. The van der Waals surface area contributed by atoms with Crippen molar-refractivity contribution in [2.45, 2.75) is 71.1 Å². The first-order valence-corrected chi connectivity index (χ1v) is 11.1. The maximum absolute atomic E-state index is 5.83. The van der Waals surface area contributed by atoms with Crippen molar-refractivity contribution >= 4 is 0 Å². The van der Waals surface area contributed by atoms with Gasteiger partial charge in [0.15, 0.2) is 0 Å². The molecule has 0 aliphatic heterocycles. The predicted molar refractivity (Wildman–Crippen MR) is 110 cm³/mol. The molecule has 0 bridgehead atoms. The van der Waals surface area contributed by atoms with Crippen LogP contribution in [0, 0.1) is 29.6 Å². The molecule has 2 saturated carbocycles. The first kappa shape index (κ1) is 18.1. The van der Waals surface area contributed by atoms with Crippen molar-refractivity contribution in [3.63, 3.8) is 0 Å². The zero-order valence-corrected chi connectivity index (χ0v) is 16.6. The molecule has 2 fully saturated rings. The summed E-state index contributed by atoms with van der Waals surface area (Å²) in [6.45, 7) is 7.05. The van der Waals surface area contributed by atoms with E-state index in [0.29, 0.717) is 0 Å². The summed E-state index contributed by atoms with van der Waals surface area (Å²) in [5, 5.41) is 0. The summed E-state index contributed by atoms with van der Waals surface area (Å²) in [6.07, 6.45) is 16.0. The SMILES string of the molecule is C=C[C@@H]1CC[C@@H]2CC(C3CCc4cc(OCCC)ccc4C3)CCC2C1. The minimum Gasteiger partial charge on any atom is -0.494 e. The second kappa shape index (κ2) is 8.19. The van der Waals surface area contributed by atoms with Gasteiger partial charge in [-0.3, -0.25) is 0 Å². The lowest BCUT2D eigenvalue weighted by molar-refractivity contribution is 0.0811. The van der Waals surface area contributed by atoms with E-state index in [9.17, 15) is 0 Å². The number of hydrogen-bond acceptors (Lipinski definition) is 1. The summed E-state index contributed by atoms with van der Waals surface area (Å²) in [6, 6.07) is 6.87. The summed E-state index contributed by atoms with van der Waals surface area (Å²) in [5.41, 5.74) is 3.15. The molecule has 0 amide bonds. The molecule has 4 rings (SSSR count). The molecule has 1 aromatic rings. The molecular formula is C25H36O. The van der Waals surface area contributed by atoms with E-state index in [1.807, 2.05) is 0 Å². The van der Waals surface area contributed by atoms with E-state index in [4.69, 9.17) is 4.74 Å².